The van der Waals surface area contributed by atoms with Gasteiger partial charge in [0.15, 0.2) is 0 Å². The van der Waals surface area contributed by atoms with Crippen molar-refractivity contribution in [1.82, 2.24) is 4.31 Å². The lowest BCUT2D eigenvalue weighted by Gasteiger charge is -2.35. The average Bonchev–Trinajstić information content (AvgIpc) is 2.67. The molecule has 0 N–H and O–H groups in total. The number of anilines is 1. The molecule has 3 rings (SSSR count). The van der Waals surface area contributed by atoms with Crippen LogP contribution in [0, 0.1) is 0 Å². The molecule has 2 aromatic carbocycles. The summed E-state index contributed by atoms with van der Waals surface area (Å²) in [4.78, 5) is 2.27. The molecule has 1 saturated heterocycles. The van der Waals surface area contributed by atoms with Crippen LogP contribution in [0.1, 0.15) is 31.9 Å². The van der Waals surface area contributed by atoms with Gasteiger partial charge >= 0.3 is 0 Å². The molecular formula is C22H30N2O2S. The summed E-state index contributed by atoms with van der Waals surface area (Å²) in [7, 11) is -3.21. The lowest BCUT2D eigenvalue weighted by molar-refractivity contribution is 0.385. The maximum Gasteiger partial charge on any atom is 0.214 e. The molecule has 0 atom stereocenters. The minimum atomic E-state index is -3.21. The second kappa shape index (κ2) is 8.03. The van der Waals surface area contributed by atoms with Gasteiger partial charge in [0, 0.05) is 31.9 Å². The van der Waals surface area contributed by atoms with Gasteiger partial charge in [-0.3, -0.25) is 0 Å². The zero-order chi connectivity index (χ0) is 19.5. The fourth-order valence-corrected chi connectivity index (χ4v) is 4.89. The van der Waals surface area contributed by atoms with E-state index in [1.807, 2.05) is 30.3 Å². The Morgan fingerprint density at radius 2 is 1.44 bits per heavy atom. The summed E-state index contributed by atoms with van der Waals surface area (Å²) in [6, 6.07) is 18.5. The highest BCUT2D eigenvalue weighted by Crippen LogP contribution is 2.25. The first kappa shape index (κ1) is 19.9. The normalized spacial score (nSPS) is 16.5. The zero-order valence-electron chi connectivity index (χ0n) is 16.6. The summed E-state index contributed by atoms with van der Waals surface area (Å²) >= 11 is 0. The Morgan fingerprint density at radius 1 is 0.852 bits per heavy atom. The molecule has 1 heterocycles. The molecular weight excluding hydrogens is 356 g/mol. The molecule has 0 radical (unpaired) electrons. The van der Waals surface area contributed by atoms with Crippen molar-refractivity contribution < 1.29 is 8.42 Å². The van der Waals surface area contributed by atoms with Crippen molar-refractivity contribution in [1.29, 1.82) is 0 Å². The summed E-state index contributed by atoms with van der Waals surface area (Å²) in [6.07, 6.45) is 0.567. The number of sulfonamides is 1. The molecule has 1 aliphatic heterocycles. The SMILES string of the molecule is CC(C)(C)c1ccc(N2CCN(S(=O)(=O)CCc3ccccc3)CC2)cc1. The maximum absolute atomic E-state index is 12.7. The molecule has 0 bridgehead atoms. The Morgan fingerprint density at radius 3 is 2.00 bits per heavy atom. The summed E-state index contributed by atoms with van der Waals surface area (Å²) in [5, 5.41) is 0. The number of rotatable bonds is 5. The third kappa shape index (κ3) is 5.11. The second-order valence-corrected chi connectivity index (χ2v) is 10.3. The van der Waals surface area contributed by atoms with Crippen LogP contribution in [0.15, 0.2) is 54.6 Å². The van der Waals surface area contributed by atoms with Crippen LogP contribution in [0.5, 0.6) is 0 Å². The number of benzene rings is 2. The first-order chi connectivity index (χ1) is 12.8. The van der Waals surface area contributed by atoms with Gasteiger partial charge in [-0.2, -0.15) is 4.31 Å². The van der Waals surface area contributed by atoms with Gasteiger partial charge in [0.25, 0.3) is 0 Å². The van der Waals surface area contributed by atoms with Gasteiger partial charge in [0.2, 0.25) is 10.0 Å². The molecule has 2 aromatic rings. The summed E-state index contributed by atoms with van der Waals surface area (Å²) in [6.45, 7) is 9.21. The maximum atomic E-state index is 12.7. The molecule has 4 nitrogen and oxygen atoms in total. The quantitative estimate of drug-likeness (QED) is 0.787. The summed E-state index contributed by atoms with van der Waals surface area (Å²) in [5.74, 6) is 0.178. The summed E-state index contributed by atoms with van der Waals surface area (Å²) < 4.78 is 27.0. The van der Waals surface area contributed by atoms with Crippen LogP contribution in [-0.4, -0.2) is 44.7 Å². The van der Waals surface area contributed by atoms with E-state index in [0.717, 1.165) is 18.7 Å². The minimum absolute atomic E-state index is 0.143. The van der Waals surface area contributed by atoms with Crippen molar-refractivity contribution in [2.75, 3.05) is 36.8 Å². The van der Waals surface area contributed by atoms with Crippen LogP contribution < -0.4 is 4.90 Å². The van der Waals surface area contributed by atoms with E-state index in [4.69, 9.17) is 0 Å². The largest absolute Gasteiger partial charge is 0.369 e. The second-order valence-electron chi connectivity index (χ2n) is 8.23. The van der Waals surface area contributed by atoms with Crippen LogP contribution >= 0.6 is 0 Å². The van der Waals surface area contributed by atoms with Gasteiger partial charge in [0.05, 0.1) is 5.75 Å². The van der Waals surface area contributed by atoms with E-state index in [1.165, 1.54) is 11.3 Å². The number of aryl methyl sites for hydroxylation is 1. The predicted octanol–water partition coefficient (Wildman–Crippen LogP) is 3.68. The van der Waals surface area contributed by atoms with Gasteiger partial charge in [-0.1, -0.05) is 63.2 Å². The molecule has 0 aromatic heterocycles. The highest BCUT2D eigenvalue weighted by Gasteiger charge is 2.27. The molecule has 27 heavy (non-hydrogen) atoms. The van der Waals surface area contributed by atoms with E-state index in [-0.39, 0.29) is 11.2 Å². The smallest absolute Gasteiger partial charge is 0.214 e. The molecule has 0 amide bonds. The molecule has 0 unspecified atom stereocenters. The van der Waals surface area contributed by atoms with Gasteiger partial charge in [-0.25, -0.2) is 8.42 Å². The summed E-state index contributed by atoms with van der Waals surface area (Å²) in [5.41, 5.74) is 3.70. The molecule has 1 fully saturated rings. The number of hydrogen-bond donors (Lipinski definition) is 0. The van der Waals surface area contributed by atoms with Gasteiger partial charge < -0.3 is 4.90 Å². The standard InChI is InChI=1S/C22H30N2O2S/c1-22(2,3)20-9-11-21(12-10-20)23-14-16-24(17-15-23)27(25,26)18-13-19-7-5-4-6-8-19/h4-12H,13-18H2,1-3H3. The van der Waals surface area contributed by atoms with Gasteiger partial charge in [-0.05, 0) is 35.1 Å². The van der Waals surface area contributed by atoms with Crippen molar-refractivity contribution in [2.24, 2.45) is 0 Å². The lowest BCUT2D eigenvalue weighted by Crippen LogP contribution is -2.49. The van der Waals surface area contributed by atoms with Crippen molar-refractivity contribution >= 4 is 15.7 Å². The first-order valence-electron chi connectivity index (χ1n) is 9.63. The highest BCUT2D eigenvalue weighted by atomic mass is 32.2. The lowest BCUT2D eigenvalue weighted by atomic mass is 9.87. The molecule has 0 aliphatic carbocycles. The van der Waals surface area contributed by atoms with Crippen LogP contribution in [0.3, 0.4) is 0 Å². The van der Waals surface area contributed by atoms with E-state index < -0.39 is 10.0 Å². The van der Waals surface area contributed by atoms with Crippen molar-refractivity contribution in [3.05, 3.63) is 65.7 Å². The van der Waals surface area contributed by atoms with E-state index in [1.54, 1.807) is 4.31 Å². The Hall–Kier alpha value is -1.85. The molecule has 1 aliphatic rings. The van der Waals surface area contributed by atoms with E-state index >= 15 is 0 Å². The third-order valence-electron chi connectivity index (χ3n) is 5.22. The number of nitrogens with zero attached hydrogens (tertiary/aromatic N) is 2. The van der Waals surface area contributed by atoms with Gasteiger partial charge in [-0.15, -0.1) is 0 Å². The van der Waals surface area contributed by atoms with Crippen LogP contribution in [0.25, 0.3) is 0 Å². The van der Waals surface area contributed by atoms with E-state index in [0.29, 0.717) is 19.5 Å². The third-order valence-corrected chi connectivity index (χ3v) is 7.09. The van der Waals surface area contributed by atoms with Crippen molar-refractivity contribution in [2.45, 2.75) is 32.6 Å². The van der Waals surface area contributed by atoms with Crippen molar-refractivity contribution in [3.8, 4) is 0 Å². The Kier molecular flexibility index (Phi) is 5.92. The molecule has 146 valence electrons. The molecule has 0 saturated carbocycles. The fourth-order valence-electron chi connectivity index (χ4n) is 3.42. The highest BCUT2D eigenvalue weighted by molar-refractivity contribution is 7.89. The van der Waals surface area contributed by atoms with Crippen LogP contribution in [-0.2, 0) is 21.9 Å². The number of hydrogen-bond acceptors (Lipinski definition) is 3. The number of piperazine rings is 1. The Labute approximate surface area is 163 Å². The molecule has 0 spiro atoms. The topological polar surface area (TPSA) is 40.6 Å². The van der Waals surface area contributed by atoms with Crippen LogP contribution in [0.2, 0.25) is 0 Å². The van der Waals surface area contributed by atoms with E-state index in [2.05, 4.69) is 49.9 Å². The van der Waals surface area contributed by atoms with Gasteiger partial charge in [0.1, 0.15) is 0 Å². The van der Waals surface area contributed by atoms with Crippen LogP contribution in [0.4, 0.5) is 5.69 Å². The Balaban J connectivity index is 1.56. The fraction of sp³-hybridized carbons (Fsp3) is 0.455. The Bertz CT molecular complexity index is 832. The average molecular weight is 387 g/mol. The first-order valence-corrected chi connectivity index (χ1v) is 11.2. The monoisotopic (exact) mass is 386 g/mol. The van der Waals surface area contributed by atoms with E-state index in [9.17, 15) is 8.42 Å². The molecule has 5 heteroatoms. The predicted molar refractivity (Wildman–Crippen MR) is 113 cm³/mol. The van der Waals surface area contributed by atoms with Crippen molar-refractivity contribution in [3.63, 3.8) is 0 Å². The minimum Gasteiger partial charge on any atom is -0.369 e. The zero-order valence-corrected chi connectivity index (χ0v) is 17.4.